The number of rotatable bonds is 6. The number of benzene rings is 2. The van der Waals surface area contributed by atoms with E-state index in [9.17, 15) is 9.90 Å². The normalized spacial score (nSPS) is 18.8. The minimum atomic E-state index is -0.165. The van der Waals surface area contributed by atoms with E-state index in [1.54, 1.807) is 6.07 Å². The number of fused-ring (bicyclic) bond motifs is 1. The molecule has 4 rings (SSSR count). The molecule has 1 saturated heterocycles. The van der Waals surface area contributed by atoms with E-state index in [4.69, 9.17) is 9.47 Å². The third kappa shape index (κ3) is 4.62. The Balaban J connectivity index is 1.27. The number of carbonyl (C=O) groups excluding carboxylic acids is 1. The van der Waals surface area contributed by atoms with Crippen molar-refractivity contribution in [2.45, 2.75) is 13.0 Å². The number of ether oxygens (including phenoxy) is 2. The molecule has 0 bridgehead atoms. The molecule has 1 atom stereocenters. The Morgan fingerprint density at radius 1 is 1.07 bits per heavy atom. The lowest BCUT2D eigenvalue weighted by atomic mass is 10.2. The number of phenols is 1. The van der Waals surface area contributed by atoms with Crippen LogP contribution in [-0.2, 0) is 4.79 Å². The van der Waals surface area contributed by atoms with Crippen molar-refractivity contribution in [3.63, 3.8) is 0 Å². The third-order valence-electron chi connectivity index (χ3n) is 5.68. The van der Waals surface area contributed by atoms with Crippen LogP contribution in [0.3, 0.4) is 0 Å². The zero-order chi connectivity index (χ0) is 20.9. The van der Waals surface area contributed by atoms with Gasteiger partial charge in [0.2, 0.25) is 5.91 Å². The van der Waals surface area contributed by atoms with Crippen molar-refractivity contribution >= 4 is 11.6 Å². The van der Waals surface area contributed by atoms with E-state index in [1.165, 1.54) is 0 Å². The summed E-state index contributed by atoms with van der Waals surface area (Å²) < 4.78 is 11.8. The first kappa shape index (κ1) is 20.3. The quantitative estimate of drug-likeness (QED) is 0.786. The highest BCUT2D eigenvalue weighted by Gasteiger charge is 2.27. The Kier molecular flexibility index (Phi) is 6.28. The van der Waals surface area contributed by atoms with Crippen LogP contribution in [0.5, 0.6) is 17.2 Å². The van der Waals surface area contributed by atoms with Gasteiger partial charge in [-0.05, 0) is 31.2 Å². The first-order chi connectivity index (χ1) is 14.6. The summed E-state index contributed by atoms with van der Waals surface area (Å²) in [6, 6.07) is 15.0. The summed E-state index contributed by atoms with van der Waals surface area (Å²) in [4.78, 5) is 19.1. The van der Waals surface area contributed by atoms with Crippen molar-refractivity contribution in [1.29, 1.82) is 0 Å². The monoisotopic (exact) mass is 411 g/mol. The predicted molar refractivity (Wildman–Crippen MR) is 115 cm³/mol. The van der Waals surface area contributed by atoms with Crippen LogP contribution >= 0.6 is 0 Å². The Hall–Kier alpha value is -2.93. The summed E-state index contributed by atoms with van der Waals surface area (Å²) >= 11 is 0. The van der Waals surface area contributed by atoms with Crippen molar-refractivity contribution in [3.8, 4) is 17.2 Å². The van der Waals surface area contributed by atoms with E-state index in [-0.39, 0.29) is 12.0 Å². The summed E-state index contributed by atoms with van der Waals surface area (Å²) in [6.45, 7) is 7.13. The number of anilines is 1. The maximum Gasteiger partial charge on any atom is 0.236 e. The Labute approximate surface area is 177 Å². The van der Waals surface area contributed by atoms with Gasteiger partial charge in [0.15, 0.2) is 17.6 Å². The van der Waals surface area contributed by atoms with Crippen LogP contribution < -0.4 is 14.4 Å². The topological polar surface area (TPSA) is 65.5 Å². The van der Waals surface area contributed by atoms with E-state index in [0.717, 1.165) is 43.4 Å². The zero-order valence-corrected chi connectivity index (χ0v) is 17.4. The van der Waals surface area contributed by atoms with Crippen molar-refractivity contribution in [3.05, 3.63) is 48.5 Å². The molecule has 0 saturated carbocycles. The minimum absolute atomic E-state index is 0.107. The second-order valence-electron chi connectivity index (χ2n) is 7.68. The molecule has 30 heavy (non-hydrogen) atoms. The van der Waals surface area contributed by atoms with Gasteiger partial charge in [-0.3, -0.25) is 9.69 Å². The maximum atomic E-state index is 12.9. The molecule has 7 heteroatoms. The van der Waals surface area contributed by atoms with Crippen LogP contribution in [0, 0.1) is 0 Å². The average Bonchev–Trinajstić information content (AvgIpc) is 2.78. The smallest absolute Gasteiger partial charge is 0.236 e. The van der Waals surface area contributed by atoms with Crippen molar-refractivity contribution in [1.82, 2.24) is 9.80 Å². The largest absolute Gasteiger partial charge is 0.506 e. The number of carbonyl (C=O) groups is 1. The van der Waals surface area contributed by atoms with Crippen LogP contribution in [0.4, 0.5) is 5.69 Å². The molecule has 160 valence electrons. The molecule has 0 radical (unpaired) electrons. The lowest BCUT2D eigenvalue weighted by molar-refractivity contribution is -0.133. The first-order valence-electron chi connectivity index (χ1n) is 10.6. The maximum absolute atomic E-state index is 12.9. The minimum Gasteiger partial charge on any atom is -0.506 e. The summed E-state index contributed by atoms with van der Waals surface area (Å²) in [5, 5.41) is 10.1. The van der Waals surface area contributed by atoms with Crippen molar-refractivity contribution in [2.75, 3.05) is 57.3 Å². The van der Waals surface area contributed by atoms with Gasteiger partial charge in [-0.25, -0.2) is 0 Å². The molecule has 1 amide bonds. The highest BCUT2D eigenvalue weighted by molar-refractivity contribution is 5.78. The third-order valence-corrected chi connectivity index (χ3v) is 5.68. The van der Waals surface area contributed by atoms with Crippen LogP contribution in [0.2, 0.25) is 0 Å². The number of piperazine rings is 1. The lowest BCUT2D eigenvalue weighted by Gasteiger charge is -2.37. The van der Waals surface area contributed by atoms with Crippen LogP contribution in [0.15, 0.2) is 48.5 Å². The van der Waals surface area contributed by atoms with Gasteiger partial charge in [0.25, 0.3) is 0 Å². The Morgan fingerprint density at radius 2 is 1.77 bits per heavy atom. The molecule has 1 fully saturated rings. The molecule has 2 aliphatic heterocycles. The highest BCUT2D eigenvalue weighted by atomic mass is 16.6. The van der Waals surface area contributed by atoms with Gasteiger partial charge in [-0.2, -0.15) is 0 Å². The van der Waals surface area contributed by atoms with Gasteiger partial charge in [0.05, 0.1) is 18.8 Å². The molecule has 0 aromatic heterocycles. The fourth-order valence-corrected chi connectivity index (χ4v) is 3.98. The average molecular weight is 412 g/mol. The van der Waals surface area contributed by atoms with E-state index in [2.05, 4.69) is 9.80 Å². The van der Waals surface area contributed by atoms with Crippen molar-refractivity contribution < 1.29 is 19.4 Å². The molecule has 0 spiro atoms. The number of aromatic hydroxyl groups is 1. The zero-order valence-electron chi connectivity index (χ0n) is 17.4. The van der Waals surface area contributed by atoms with Gasteiger partial charge in [-0.1, -0.05) is 24.3 Å². The number of hydrogen-bond acceptors (Lipinski definition) is 6. The van der Waals surface area contributed by atoms with Gasteiger partial charge >= 0.3 is 0 Å². The molecule has 0 aliphatic carbocycles. The molecule has 2 aromatic rings. The summed E-state index contributed by atoms with van der Waals surface area (Å²) in [5.74, 6) is 1.90. The molecule has 0 unspecified atom stereocenters. The van der Waals surface area contributed by atoms with E-state index in [1.807, 2.05) is 54.3 Å². The second kappa shape index (κ2) is 9.26. The molecular weight excluding hydrogens is 382 g/mol. The summed E-state index contributed by atoms with van der Waals surface area (Å²) in [6.07, 6.45) is -0.165. The van der Waals surface area contributed by atoms with Crippen LogP contribution in [0.25, 0.3) is 0 Å². The van der Waals surface area contributed by atoms with E-state index >= 15 is 0 Å². The SMILES string of the molecule is CCN(C[C@H]1COc2ccccc2O1)C(=O)CN1CCN(c2ccccc2O)CC1. The first-order valence-corrected chi connectivity index (χ1v) is 10.6. The standard InChI is InChI=1S/C23H29N3O4/c1-2-25(15-18-17-29-21-9-5-6-10-22(21)30-18)23(28)16-24-11-13-26(14-12-24)19-7-3-4-8-20(19)27/h3-10,18,27H,2,11-17H2,1H3/t18-/m0/s1. The number of phenolic OH excluding ortho intramolecular Hbond substituents is 1. The molecule has 7 nitrogen and oxygen atoms in total. The van der Waals surface area contributed by atoms with Crippen LogP contribution in [0.1, 0.15) is 6.92 Å². The van der Waals surface area contributed by atoms with Crippen molar-refractivity contribution in [2.24, 2.45) is 0 Å². The fraction of sp³-hybridized carbons (Fsp3) is 0.435. The van der Waals surface area contributed by atoms with E-state index in [0.29, 0.717) is 32.0 Å². The molecule has 2 aromatic carbocycles. The second-order valence-corrected chi connectivity index (χ2v) is 7.68. The number of amides is 1. The lowest BCUT2D eigenvalue weighted by Crippen LogP contribution is -2.51. The Morgan fingerprint density at radius 3 is 2.50 bits per heavy atom. The molecule has 2 aliphatic rings. The number of para-hydroxylation sites is 4. The molecule has 2 heterocycles. The molecular formula is C23H29N3O4. The Bertz CT molecular complexity index is 867. The van der Waals surface area contributed by atoms with Crippen LogP contribution in [-0.4, -0.2) is 79.3 Å². The summed E-state index contributed by atoms with van der Waals surface area (Å²) in [5.41, 5.74) is 0.855. The van der Waals surface area contributed by atoms with Gasteiger partial charge in [0, 0.05) is 32.7 Å². The number of nitrogens with zero attached hydrogens (tertiary/aromatic N) is 3. The van der Waals surface area contributed by atoms with Gasteiger partial charge in [-0.15, -0.1) is 0 Å². The predicted octanol–water partition coefficient (Wildman–Crippen LogP) is 2.20. The van der Waals surface area contributed by atoms with Gasteiger partial charge in [0.1, 0.15) is 12.4 Å². The number of likely N-dealkylation sites (N-methyl/N-ethyl adjacent to an activating group) is 1. The van der Waals surface area contributed by atoms with Gasteiger partial charge < -0.3 is 24.4 Å². The molecule has 1 N–H and O–H groups in total. The van der Waals surface area contributed by atoms with E-state index < -0.39 is 0 Å². The number of hydrogen-bond donors (Lipinski definition) is 1. The highest BCUT2D eigenvalue weighted by Crippen LogP contribution is 2.31. The summed E-state index contributed by atoms with van der Waals surface area (Å²) in [7, 11) is 0. The fourth-order valence-electron chi connectivity index (χ4n) is 3.98.